The minimum absolute atomic E-state index is 0.00410. The average Bonchev–Trinajstić information content (AvgIpc) is 3.27. The van der Waals surface area contributed by atoms with Gasteiger partial charge in [0, 0.05) is 30.8 Å². The normalized spacial score (nSPS) is 38.2. The zero-order valence-corrected chi connectivity index (χ0v) is 19.9. The van der Waals surface area contributed by atoms with Crippen molar-refractivity contribution >= 4 is 11.8 Å². The summed E-state index contributed by atoms with van der Waals surface area (Å²) < 4.78 is 28.7. The van der Waals surface area contributed by atoms with E-state index in [4.69, 9.17) is 23.7 Å². The molecule has 32 heavy (non-hydrogen) atoms. The molecular formula is C25H38O7. The van der Waals surface area contributed by atoms with Crippen molar-refractivity contribution in [3.63, 3.8) is 0 Å². The summed E-state index contributed by atoms with van der Waals surface area (Å²) in [6.45, 7) is 9.94. The molecule has 1 spiro atoms. The maximum Gasteiger partial charge on any atom is 0.316 e. The predicted octanol–water partition coefficient (Wildman–Crippen LogP) is 3.30. The highest BCUT2D eigenvalue weighted by atomic mass is 16.7. The number of rotatable bonds is 7. The highest BCUT2D eigenvalue weighted by Crippen LogP contribution is 2.65. The molecular weight excluding hydrogens is 412 g/mol. The van der Waals surface area contributed by atoms with Gasteiger partial charge in [-0.25, -0.2) is 0 Å². The van der Waals surface area contributed by atoms with Crippen LogP contribution in [0, 0.1) is 28.6 Å². The lowest BCUT2D eigenvalue weighted by Crippen LogP contribution is -2.59. The van der Waals surface area contributed by atoms with Crippen LogP contribution in [0.2, 0.25) is 0 Å². The molecule has 0 aromatic heterocycles. The van der Waals surface area contributed by atoms with E-state index in [1.807, 2.05) is 6.92 Å². The van der Waals surface area contributed by atoms with Crippen molar-refractivity contribution in [1.82, 2.24) is 0 Å². The van der Waals surface area contributed by atoms with Gasteiger partial charge in [-0.2, -0.15) is 0 Å². The SMILES string of the molecule is CCOCCOCC12CC=C3[C@H](C)C4(CC[C@]3(C)C1CC(=O)C(C(=O)OC)C2)OCCO4. The van der Waals surface area contributed by atoms with Gasteiger partial charge in [-0.3, -0.25) is 9.59 Å². The standard InChI is InChI=1S/C25H38O7/c1-5-29-10-11-30-16-24-7-6-19-17(2)25(31-12-13-32-25)9-8-23(19,3)21(24)14-20(26)18(15-24)22(27)28-4/h6,17-18,21H,5,7-16H2,1-4H3/t17-,18?,21?,23-,24?/m0/s1. The molecule has 180 valence electrons. The van der Waals surface area contributed by atoms with Crippen molar-refractivity contribution in [2.24, 2.45) is 28.6 Å². The van der Waals surface area contributed by atoms with Gasteiger partial charge in [-0.05, 0) is 37.5 Å². The Morgan fingerprint density at radius 1 is 1.19 bits per heavy atom. The van der Waals surface area contributed by atoms with Gasteiger partial charge in [0.25, 0.3) is 0 Å². The Hall–Kier alpha value is -1.28. The molecule has 2 saturated carbocycles. The molecule has 5 atom stereocenters. The second kappa shape index (κ2) is 9.16. The number of fused-ring (bicyclic) bond motifs is 3. The Morgan fingerprint density at radius 2 is 1.91 bits per heavy atom. The van der Waals surface area contributed by atoms with E-state index in [0.717, 1.165) is 19.3 Å². The zero-order chi connectivity index (χ0) is 23.0. The molecule has 1 saturated heterocycles. The average molecular weight is 451 g/mol. The quantitative estimate of drug-likeness (QED) is 0.255. The molecule has 7 nitrogen and oxygen atoms in total. The van der Waals surface area contributed by atoms with E-state index in [1.165, 1.54) is 12.7 Å². The highest BCUT2D eigenvalue weighted by Gasteiger charge is 2.63. The Bertz CT molecular complexity index is 755. The molecule has 4 aliphatic rings. The molecule has 7 heteroatoms. The number of hydrogen-bond acceptors (Lipinski definition) is 7. The number of carbonyl (C=O) groups excluding carboxylic acids is 2. The van der Waals surface area contributed by atoms with Crippen LogP contribution in [0.5, 0.6) is 0 Å². The molecule has 3 unspecified atom stereocenters. The molecule has 4 rings (SSSR count). The van der Waals surface area contributed by atoms with Crippen LogP contribution >= 0.6 is 0 Å². The van der Waals surface area contributed by atoms with Crippen LogP contribution in [-0.4, -0.2) is 64.3 Å². The lowest BCUT2D eigenvalue weighted by molar-refractivity contribution is -0.216. The second-order valence-corrected chi connectivity index (χ2v) is 10.1. The first-order valence-electron chi connectivity index (χ1n) is 12.1. The summed E-state index contributed by atoms with van der Waals surface area (Å²) in [5, 5.41) is 0. The van der Waals surface area contributed by atoms with Crippen LogP contribution in [0.3, 0.4) is 0 Å². The van der Waals surface area contributed by atoms with E-state index in [-0.39, 0.29) is 28.4 Å². The van der Waals surface area contributed by atoms with Crippen LogP contribution in [0.15, 0.2) is 11.6 Å². The minimum atomic E-state index is -0.709. The minimum Gasteiger partial charge on any atom is -0.468 e. The van der Waals surface area contributed by atoms with Gasteiger partial charge in [-0.1, -0.05) is 25.5 Å². The first-order chi connectivity index (χ1) is 15.3. The van der Waals surface area contributed by atoms with Gasteiger partial charge in [0.2, 0.25) is 0 Å². The highest BCUT2D eigenvalue weighted by molar-refractivity contribution is 5.99. The number of hydrogen-bond donors (Lipinski definition) is 0. The lowest BCUT2D eigenvalue weighted by atomic mass is 9.45. The molecule has 0 aromatic rings. The lowest BCUT2D eigenvalue weighted by Gasteiger charge is -2.60. The Kier molecular flexibility index (Phi) is 6.83. The zero-order valence-electron chi connectivity index (χ0n) is 19.9. The van der Waals surface area contributed by atoms with Crippen LogP contribution in [0.4, 0.5) is 0 Å². The first kappa shape index (κ1) is 23.9. The van der Waals surface area contributed by atoms with Gasteiger partial charge in [-0.15, -0.1) is 0 Å². The Labute approximate surface area is 191 Å². The summed E-state index contributed by atoms with van der Waals surface area (Å²) in [5.41, 5.74) is 0.904. The summed E-state index contributed by atoms with van der Waals surface area (Å²) >= 11 is 0. The maximum atomic E-state index is 13.1. The predicted molar refractivity (Wildman–Crippen MR) is 117 cm³/mol. The van der Waals surface area contributed by atoms with E-state index in [0.29, 0.717) is 52.5 Å². The molecule has 0 radical (unpaired) electrons. The van der Waals surface area contributed by atoms with E-state index >= 15 is 0 Å². The molecule has 0 N–H and O–H groups in total. The van der Waals surface area contributed by atoms with E-state index in [9.17, 15) is 9.59 Å². The third-order valence-corrected chi connectivity index (χ3v) is 8.65. The van der Waals surface area contributed by atoms with E-state index < -0.39 is 17.7 Å². The van der Waals surface area contributed by atoms with Crippen molar-refractivity contribution in [2.45, 2.75) is 58.7 Å². The van der Waals surface area contributed by atoms with Crippen molar-refractivity contribution in [1.29, 1.82) is 0 Å². The molecule has 0 bridgehead atoms. The smallest absolute Gasteiger partial charge is 0.316 e. The van der Waals surface area contributed by atoms with Crippen LogP contribution in [-0.2, 0) is 33.3 Å². The van der Waals surface area contributed by atoms with Crippen molar-refractivity contribution < 1.29 is 33.3 Å². The molecule has 1 heterocycles. The monoisotopic (exact) mass is 450 g/mol. The summed E-state index contributed by atoms with van der Waals surface area (Å²) in [6, 6.07) is 0. The van der Waals surface area contributed by atoms with Crippen LogP contribution in [0.25, 0.3) is 0 Å². The summed E-state index contributed by atoms with van der Waals surface area (Å²) in [7, 11) is 1.36. The second-order valence-electron chi connectivity index (χ2n) is 10.1. The number of Topliss-reactive ketones (excluding diaryl/α,β-unsaturated/α-hetero) is 1. The van der Waals surface area contributed by atoms with E-state index in [1.54, 1.807) is 0 Å². The van der Waals surface area contributed by atoms with Gasteiger partial charge >= 0.3 is 5.97 Å². The third kappa shape index (κ3) is 3.85. The number of ether oxygens (including phenoxy) is 5. The van der Waals surface area contributed by atoms with Gasteiger partial charge in [0.05, 0.1) is 40.1 Å². The number of carbonyl (C=O) groups is 2. The maximum absolute atomic E-state index is 13.1. The summed E-state index contributed by atoms with van der Waals surface area (Å²) in [5.74, 6) is -1.43. The fourth-order valence-electron chi connectivity index (χ4n) is 6.95. The molecule has 3 fully saturated rings. The largest absolute Gasteiger partial charge is 0.468 e. The number of esters is 1. The molecule has 1 aliphatic heterocycles. The number of allylic oxidation sites excluding steroid dienone is 1. The Morgan fingerprint density at radius 3 is 2.59 bits per heavy atom. The fraction of sp³-hybridized carbons (Fsp3) is 0.840. The number of methoxy groups -OCH3 is 1. The molecule has 3 aliphatic carbocycles. The molecule has 0 amide bonds. The summed E-state index contributed by atoms with van der Waals surface area (Å²) in [4.78, 5) is 25.6. The summed E-state index contributed by atoms with van der Waals surface area (Å²) in [6.07, 6.45) is 5.67. The third-order valence-electron chi connectivity index (χ3n) is 8.65. The van der Waals surface area contributed by atoms with Gasteiger partial charge < -0.3 is 23.7 Å². The van der Waals surface area contributed by atoms with Crippen molar-refractivity contribution in [3.8, 4) is 0 Å². The van der Waals surface area contributed by atoms with Gasteiger partial charge in [0.1, 0.15) is 11.7 Å². The first-order valence-corrected chi connectivity index (χ1v) is 12.1. The van der Waals surface area contributed by atoms with E-state index in [2.05, 4.69) is 19.9 Å². The topological polar surface area (TPSA) is 80.3 Å². The fourth-order valence-corrected chi connectivity index (χ4v) is 6.95. The number of ketones is 1. The Balaban J connectivity index is 1.64. The van der Waals surface area contributed by atoms with Crippen molar-refractivity contribution in [3.05, 3.63) is 11.6 Å². The van der Waals surface area contributed by atoms with Crippen molar-refractivity contribution in [2.75, 3.05) is 46.8 Å². The molecule has 0 aromatic carbocycles. The van der Waals surface area contributed by atoms with Crippen LogP contribution < -0.4 is 0 Å². The van der Waals surface area contributed by atoms with Gasteiger partial charge in [0.15, 0.2) is 5.79 Å². The van der Waals surface area contributed by atoms with Crippen LogP contribution in [0.1, 0.15) is 52.9 Å².